The van der Waals surface area contributed by atoms with Crippen molar-refractivity contribution < 1.29 is 18.3 Å². The first kappa shape index (κ1) is 26.5. The van der Waals surface area contributed by atoms with Crippen molar-refractivity contribution in [1.82, 2.24) is 9.88 Å². The Morgan fingerprint density at radius 2 is 1.92 bits per heavy atom. The Labute approximate surface area is 229 Å². The van der Waals surface area contributed by atoms with Gasteiger partial charge in [0.1, 0.15) is 22.3 Å². The molecule has 0 saturated heterocycles. The summed E-state index contributed by atoms with van der Waals surface area (Å²) in [7, 11) is 1.56. The van der Waals surface area contributed by atoms with Gasteiger partial charge in [-0.1, -0.05) is 23.7 Å². The number of nitrogens with two attached hydrogens (primary N) is 1. The molecule has 9 heteroatoms. The van der Waals surface area contributed by atoms with Crippen LogP contribution in [0.1, 0.15) is 46.5 Å². The van der Waals surface area contributed by atoms with Gasteiger partial charge in [-0.3, -0.25) is 9.78 Å². The zero-order valence-electron chi connectivity index (χ0n) is 21.1. The molecule has 0 radical (unpaired) electrons. The van der Waals surface area contributed by atoms with Crippen molar-refractivity contribution in [3.05, 3.63) is 81.5 Å². The van der Waals surface area contributed by atoms with Gasteiger partial charge in [0.2, 0.25) is 0 Å². The van der Waals surface area contributed by atoms with E-state index in [0.29, 0.717) is 31.8 Å². The number of carbonyl (C=O) groups excluding carboxylic acids is 1. The summed E-state index contributed by atoms with van der Waals surface area (Å²) >= 11 is 7.80. The fourth-order valence-corrected chi connectivity index (χ4v) is 6.83. The minimum absolute atomic E-state index is 0.0828. The zero-order valence-corrected chi connectivity index (χ0v) is 22.7. The van der Waals surface area contributed by atoms with Crippen molar-refractivity contribution >= 4 is 38.9 Å². The number of rotatable bonds is 6. The molecule has 2 aromatic heterocycles. The predicted molar refractivity (Wildman–Crippen MR) is 148 cm³/mol. The van der Waals surface area contributed by atoms with Crippen LogP contribution in [0.15, 0.2) is 48.8 Å². The number of pyridine rings is 1. The van der Waals surface area contributed by atoms with E-state index in [2.05, 4.69) is 4.98 Å². The Morgan fingerprint density at radius 3 is 2.61 bits per heavy atom. The van der Waals surface area contributed by atoms with Crippen LogP contribution < -0.4 is 10.5 Å². The van der Waals surface area contributed by atoms with Crippen molar-refractivity contribution in [3.63, 3.8) is 0 Å². The molecule has 0 spiro atoms. The van der Waals surface area contributed by atoms with Crippen LogP contribution >= 0.6 is 22.9 Å². The molecule has 5 rings (SSSR count). The Bertz CT molecular complexity index is 1500. The molecule has 2 aromatic carbocycles. The molecular formula is C29H28ClF2N3O2S. The van der Waals surface area contributed by atoms with Gasteiger partial charge in [0.25, 0.3) is 5.91 Å². The first-order valence-electron chi connectivity index (χ1n) is 12.5. The molecule has 198 valence electrons. The summed E-state index contributed by atoms with van der Waals surface area (Å²) in [5.41, 5.74) is 8.76. The predicted octanol–water partition coefficient (Wildman–Crippen LogP) is 7.12. The maximum absolute atomic E-state index is 14.7. The lowest BCUT2D eigenvalue weighted by atomic mass is 9.90. The molecule has 0 aliphatic heterocycles. The molecule has 4 aromatic rings. The maximum atomic E-state index is 14.7. The quantitative estimate of drug-likeness (QED) is 0.275. The highest BCUT2D eigenvalue weighted by Crippen LogP contribution is 2.41. The third-order valence-corrected chi connectivity index (χ3v) is 8.96. The van der Waals surface area contributed by atoms with E-state index < -0.39 is 11.6 Å². The molecule has 1 saturated carbocycles. The van der Waals surface area contributed by atoms with E-state index in [-0.39, 0.29) is 29.6 Å². The van der Waals surface area contributed by atoms with Crippen molar-refractivity contribution in [3.8, 4) is 16.9 Å². The summed E-state index contributed by atoms with van der Waals surface area (Å²) in [6.07, 6.45) is 5.77. The second-order valence-electron chi connectivity index (χ2n) is 9.70. The highest BCUT2D eigenvalue weighted by Gasteiger charge is 2.32. The number of hydrogen-bond acceptors (Lipinski definition) is 5. The highest BCUT2D eigenvalue weighted by atomic mass is 35.5. The molecule has 0 unspecified atom stereocenters. The SMILES string of the molecule is COc1ccc(-c2ccncc2F)cc1CN(C(=O)c1sc2c(F)ccc(C)c2c1Cl)C1CCC(N)CC1. The summed E-state index contributed by atoms with van der Waals surface area (Å²) in [5.74, 6) is -0.524. The number of thiophene rings is 1. The molecule has 2 N–H and O–H groups in total. The molecule has 1 aliphatic rings. The first-order chi connectivity index (χ1) is 18.3. The number of carbonyl (C=O) groups is 1. The van der Waals surface area contributed by atoms with Crippen LogP contribution in [0.2, 0.25) is 5.02 Å². The number of nitrogens with zero attached hydrogens (tertiary/aromatic N) is 2. The maximum Gasteiger partial charge on any atom is 0.266 e. The van der Waals surface area contributed by atoms with Crippen LogP contribution in [0.5, 0.6) is 5.75 Å². The lowest BCUT2D eigenvalue weighted by Gasteiger charge is -2.36. The third-order valence-electron chi connectivity index (χ3n) is 7.28. The molecule has 2 heterocycles. The summed E-state index contributed by atoms with van der Waals surface area (Å²) in [4.78, 5) is 20.1. The van der Waals surface area contributed by atoms with E-state index in [9.17, 15) is 13.6 Å². The molecule has 1 amide bonds. The number of hydrogen-bond donors (Lipinski definition) is 1. The Kier molecular flexibility index (Phi) is 7.66. The van der Waals surface area contributed by atoms with Gasteiger partial charge >= 0.3 is 0 Å². The van der Waals surface area contributed by atoms with Gasteiger partial charge in [-0.2, -0.15) is 0 Å². The summed E-state index contributed by atoms with van der Waals surface area (Å²) in [6, 6.07) is 10.1. The van der Waals surface area contributed by atoms with Crippen molar-refractivity contribution in [2.75, 3.05) is 7.11 Å². The average molecular weight is 556 g/mol. The Balaban J connectivity index is 1.58. The van der Waals surface area contributed by atoms with Crippen LogP contribution in [0, 0.1) is 18.6 Å². The smallest absolute Gasteiger partial charge is 0.266 e. The molecular weight excluding hydrogens is 528 g/mol. The minimum atomic E-state index is -0.438. The van der Waals surface area contributed by atoms with Gasteiger partial charge in [-0.05, 0) is 68.0 Å². The number of ether oxygens (including phenoxy) is 1. The summed E-state index contributed by atoms with van der Waals surface area (Å²) < 4.78 is 35.2. The van der Waals surface area contributed by atoms with Crippen LogP contribution in [-0.4, -0.2) is 35.0 Å². The molecule has 0 atom stereocenters. The van der Waals surface area contributed by atoms with Gasteiger partial charge in [-0.25, -0.2) is 8.78 Å². The van der Waals surface area contributed by atoms with Crippen molar-refractivity contribution in [1.29, 1.82) is 0 Å². The van der Waals surface area contributed by atoms with E-state index >= 15 is 0 Å². The first-order valence-corrected chi connectivity index (χ1v) is 13.7. The fourth-order valence-electron chi connectivity index (χ4n) is 5.20. The summed E-state index contributed by atoms with van der Waals surface area (Å²) in [6.45, 7) is 2.07. The van der Waals surface area contributed by atoms with E-state index in [4.69, 9.17) is 22.1 Å². The molecule has 1 aliphatic carbocycles. The Morgan fingerprint density at radius 1 is 1.16 bits per heavy atom. The van der Waals surface area contributed by atoms with E-state index in [0.717, 1.165) is 48.1 Å². The number of amides is 1. The number of aromatic nitrogens is 1. The topological polar surface area (TPSA) is 68.5 Å². The lowest BCUT2D eigenvalue weighted by Crippen LogP contribution is -2.43. The van der Waals surface area contributed by atoms with E-state index in [1.165, 1.54) is 18.5 Å². The van der Waals surface area contributed by atoms with Gasteiger partial charge in [0, 0.05) is 41.3 Å². The number of halogens is 3. The van der Waals surface area contributed by atoms with E-state index in [1.807, 2.05) is 13.0 Å². The van der Waals surface area contributed by atoms with Crippen molar-refractivity contribution in [2.45, 2.75) is 51.2 Å². The van der Waals surface area contributed by atoms with Gasteiger partial charge in [0.05, 0.1) is 23.0 Å². The van der Waals surface area contributed by atoms with Crippen LogP contribution in [0.3, 0.4) is 0 Å². The number of fused-ring (bicyclic) bond motifs is 1. The van der Waals surface area contributed by atoms with Crippen molar-refractivity contribution in [2.24, 2.45) is 5.73 Å². The highest BCUT2D eigenvalue weighted by molar-refractivity contribution is 7.21. The average Bonchev–Trinajstić information content (AvgIpc) is 3.28. The fraction of sp³-hybridized carbons (Fsp3) is 0.310. The van der Waals surface area contributed by atoms with Gasteiger partial charge in [0.15, 0.2) is 0 Å². The van der Waals surface area contributed by atoms with E-state index in [1.54, 1.807) is 36.3 Å². The molecule has 5 nitrogen and oxygen atoms in total. The Hall–Kier alpha value is -3.07. The molecule has 0 bridgehead atoms. The monoisotopic (exact) mass is 555 g/mol. The number of aryl methyl sites for hydroxylation is 1. The zero-order chi connectivity index (χ0) is 27.0. The lowest BCUT2D eigenvalue weighted by molar-refractivity contribution is 0.0610. The third kappa shape index (κ3) is 5.00. The normalized spacial score (nSPS) is 17.5. The van der Waals surface area contributed by atoms with Crippen LogP contribution in [-0.2, 0) is 6.54 Å². The number of benzene rings is 2. The van der Waals surface area contributed by atoms with Gasteiger partial charge < -0.3 is 15.4 Å². The minimum Gasteiger partial charge on any atom is -0.496 e. The van der Waals surface area contributed by atoms with Crippen LogP contribution in [0.4, 0.5) is 8.78 Å². The molecule has 38 heavy (non-hydrogen) atoms. The second kappa shape index (κ2) is 11.0. The summed E-state index contributed by atoms with van der Waals surface area (Å²) in [5, 5.41) is 0.836. The largest absolute Gasteiger partial charge is 0.496 e. The standard InChI is InChI=1S/C29H28ClF2N3O2S/c1-16-3-9-22(31)27-25(16)26(30)28(38-27)29(36)35(20-7-5-19(33)6-8-20)15-18-13-17(4-10-24(18)37-2)21-11-12-34-14-23(21)32/h3-4,9-14,19-20H,5-8,15,33H2,1-2H3. The number of methoxy groups -OCH3 is 1. The molecule has 1 fully saturated rings. The van der Waals surface area contributed by atoms with Crippen LogP contribution in [0.25, 0.3) is 21.2 Å². The van der Waals surface area contributed by atoms with Gasteiger partial charge in [-0.15, -0.1) is 11.3 Å². The second-order valence-corrected chi connectivity index (χ2v) is 11.1.